The molecule has 0 fully saturated rings. The smallest absolute Gasteiger partial charge is 0.228 e. The quantitative estimate of drug-likeness (QED) is 0.636. The number of halogens is 1. The third-order valence-corrected chi connectivity index (χ3v) is 3.38. The van der Waals surface area contributed by atoms with Gasteiger partial charge in [-0.2, -0.15) is 0 Å². The van der Waals surface area contributed by atoms with Crippen LogP contribution in [0.1, 0.15) is 21.7 Å². The summed E-state index contributed by atoms with van der Waals surface area (Å²) in [4.78, 5) is 12.4. The van der Waals surface area contributed by atoms with Crippen LogP contribution in [0.25, 0.3) is 11.0 Å². The first-order valence-electron chi connectivity index (χ1n) is 5.95. The summed E-state index contributed by atoms with van der Waals surface area (Å²) in [6.07, 6.45) is 0. The summed E-state index contributed by atoms with van der Waals surface area (Å²) >= 11 is 5.97. The van der Waals surface area contributed by atoms with E-state index in [0.29, 0.717) is 21.9 Å². The van der Waals surface area contributed by atoms with Crippen molar-refractivity contribution in [2.75, 3.05) is 0 Å². The predicted molar refractivity (Wildman–Crippen MR) is 75.8 cm³/mol. The highest BCUT2D eigenvalue weighted by Gasteiger charge is 2.18. The molecule has 0 aliphatic rings. The highest BCUT2D eigenvalue weighted by Crippen LogP contribution is 2.29. The van der Waals surface area contributed by atoms with Crippen molar-refractivity contribution in [1.29, 1.82) is 0 Å². The van der Waals surface area contributed by atoms with Crippen LogP contribution < -0.4 is 0 Å². The van der Waals surface area contributed by atoms with Gasteiger partial charge in [-0.15, -0.1) is 0 Å². The van der Waals surface area contributed by atoms with Gasteiger partial charge in [-0.3, -0.25) is 4.79 Å². The Morgan fingerprint density at radius 2 is 1.84 bits per heavy atom. The van der Waals surface area contributed by atoms with Crippen LogP contribution in [0.2, 0.25) is 5.02 Å². The number of benzene rings is 2. The van der Waals surface area contributed by atoms with Gasteiger partial charge in [-0.1, -0.05) is 41.9 Å². The monoisotopic (exact) mass is 270 g/mol. The summed E-state index contributed by atoms with van der Waals surface area (Å²) < 4.78 is 5.66. The minimum Gasteiger partial charge on any atom is -0.452 e. The minimum absolute atomic E-state index is 0.106. The summed E-state index contributed by atoms with van der Waals surface area (Å²) in [7, 11) is 0. The molecule has 3 heteroatoms. The Hall–Kier alpha value is -2.06. The molecule has 0 aliphatic carbocycles. The first-order valence-corrected chi connectivity index (χ1v) is 6.33. The van der Waals surface area contributed by atoms with Crippen LogP contribution in [-0.4, -0.2) is 5.78 Å². The molecule has 3 rings (SSSR count). The molecule has 3 aromatic rings. The molecule has 2 nitrogen and oxygen atoms in total. The van der Waals surface area contributed by atoms with Crippen LogP contribution in [0.3, 0.4) is 0 Å². The van der Waals surface area contributed by atoms with Gasteiger partial charge in [0.15, 0.2) is 5.76 Å². The van der Waals surface area contributed by atoms with Gasteiger partial charge in [0.25, 0.3) is 0 Å². The van der Waals surface area contributed by atoms with Crippen molar-refractivity contribution in [3.63, 3.8) is 0 Å². The predicted octanol–water partition coefficient (Wildman–Crippen LogP) is 4.63. The largest absolute Gasteiger partial charge is 0.452 e. The molecule has 19 heavy (non-hydrogen) atoms. The van der Waals surface area contributed by atoms with Crippen LogP contribution in [0, 0.1) is 6.92 Å². The molecule has 0 atom stereocenters. The second-order valence-corrected chi connectivity index (χ2v) is 4.83. The topological polar surface area (TPSA) is 30.2 Å². The average Bonchev–Trinajstić information content (AvgIpc) is 2.76. The lowest BCUT2D eigenvalue weighted by molar-refractivity contribution is 0.101. The third-order valence-electron chi connectivity index (χ3n) is 3.14. The van der Waals surface area contributed by atoms with E-state index in [2.05, 4.69) is 0 Å². The molecule has 94 valence electrons. The zero-order valence-electron chi connectivity index (χ0n) is 10.3. The minimum atomic E-state index is -0.106. The molecule has 0 saturated heterocycles. The highest BCUT2D eigenvalue weighted by atomic mass is 35.5. The number of fused-ring (bicyclic) bond motifs is 1. The average molecular weight is 271 g/mol. The molecular formula is C16H11ClO2. The molecular weight excluding hydrogens is 260 g/mol. The van der Waals surface area contributed by atoms with E-state index in [1.54, 1.807) is 24.3 Å². The summed E-state index contributed by atoms with van der Waals surface area (Å²) in [5.41, 5.74) is 2.13. The van der Waals surface area contributed by atoms with E-state index in [9.17, 15) is 4.79 Å². The van der Waals surface area contributed by atoms with Gasteiger partial charge in [0.05, 0.1) is 0 Å². The van der Waals surface area contributed by atoms with Crippen molar-refractivity contribution in [2.24, 2.45) is 0 Å². The van der Waals surface area contributed by atoms with E-state index in [0.717, 1.165) is 10.9 Å². The molecule has 0 spiro atoms. The Morgan fingerprint density at radius 3 is 2.58 bits per heavy atom. The van der Waals surface area contributed by atoms with E-state index >= 15 is 0 Å². The van der Waals surface area contributed by atoms with E-state index < -0.39 is 0 Å². The lowest BCUT2D eigenvalue weighted by Gasteiger charge is -1.98. The molecule has 0 radical (unpaired) electrons. The Labute approximate surface area is 115 Å². The maximum absolute atomic E-state index is 12.4. The fourth-order valence-corrected chi connectivity index (χ4v) is 2.30. The van der Waals surface area contributed by atoms with Crippen molar-refractivity contribution >= 4 is 28.4 Å². The number of hydrogen-bond donors (Lipinski definition) is 0. The van der Waals surface area contributed by atoms with Crippen LogP contribution in [-0.2, 0) is 0 Å². The molecule has 1 heterocycles. The number of rotatable bonds is 2. The Bertz CT molecular complexity index is 757. The van der Waals surface area contributed by atoms with Crippen molar-refractivity contribution in [3.05, 3.63) is 70.4 Å². The number of hydrogen-bond acceptors (Lipinski definition) is 2. The molecule has 0 aliphatic heterocycles. The Morgan fingerprint density at radius 1 is 1.11 bits per heavy atom. The number of furan rings is 1. The van der Waals surface area contributed by atoms with E-state index in [4.69, 9.17) is 16.0 Å². The van der Waals surface area contributed by atoms with Crippen LogP contribution in [0.4, 0.5) is 0 Å². The molecule has 2 aromatic carbocycles. The van der Waals surface area contributed by atoms with Crippen molar-refractivity contribution in [1.82, 2.24) is 0 Å². The van der Waals surface area contributed by atoms with Crippen LogP contribution in [0.5, 0.6) is 0 Å². The fourth-order valence-electron chi connectivity index (χ4n) is 2.13. The van der Waals surface area contributed by atoms with Gasteiger partial charge < -0.3 is 4.42 Å². The fraction of sp³-hybridized carbons (Fsp3) is 0.0625. The summed E-state index contributed by atoms with van der Waals surface area (Å²) in [5.74, 6) is 0.272. The number of aryl methyl sites for hydroxylation is 1. The Balaban J connectivity index is 2.16. The first kappa shape index (κ1) is 12.0. The maximum atomic E-state index is 12.4. The molecule has 0 saturated carbocycles. The van der Waals surface area contributed by atoms with Crippen molar-refractivity contribution in [3.8, 4) is 0 Å². The standard InChI is InChI=1S/C16H11ClO2/c1-10-13-9-12(17)7-8-14(13)19-16(10)15(18)11-5-3-2-4-6-11/h2-9H,1H3. The molecule has 0 bridgehead atoms. The lowest BCUT2D eigenvalue weighted by atomic mass is 10.1. The van der Waals surface area contributed by atoms with Crippen LogP contribution >= 0.6 is 11.6 Å². The molecule has 0 unspecified atom stereocenters. The van der Waals surface area contributed by atoms with Gasteiger partial charge in [-0.25, -0.2) is 0 Å². The van der Waals surface area contributed by atoms with E-state index in [-0.39, 0.29) is 5.78 Å². The first-order chi connectivity index (χ1) is 9.16. The van der Waals surface area contributed by atoms with Gasteiger partial charge >= 0.3 is 0 Å². The van der Waals surface area contributed by atoms with Gasteiger partial charge in [-0.05, 0) is 25.1 Å². The zero-order valence-corrected chi connectivity index (χ0v) is 11.1. The summed E-state index contributed by atoms with van der Waals surface area (Å²) in [5, 5.41) is 1.52. The Kier molecular flexibility index (Phi) is 2.88. The normalized spacial score (nSPS) is 10.8. The summed E-state index contributed by atoms with van der Waals surface area (Å²) in [6, 6.07) is 14.5. The van der Waals surface area contributed by atoms with Crippen molar-refractivity contribution in [2.45, 2.75) is 6.92 Å². The van der Waals surface area contributed by atoms with E-state index in [1.807, 2.05) is 31.2 Å². The van der Waals surface area contributed by atoms with Gasteiger partial charge in [0, 0.05) is 21.5 Å². The summed E-state index contributed by atoms with van der Waals surface area (Å²) in [6.45, 7) is 1.87. The van der Waals surface area contributed by atoms with Crippen LogP contribution in [0.15, 0.2) is 52.9 Å². The second kappa shape index (κ2) is 4.56. The highest BCUT2D eigenvalue weighted by molar-refractivity contribution is 6.31. The van der Waals surface area contributed by atoms with Gasteiger partial charge in [0.1, 0.15) is 5.58 Å². The maximum Gasteiger partial charge on any atom is 0.228 e. The SMILES string of the molecule is Cc1c(C(=O)c2ccccc2)oc2ccc(Cl)cc12. The number of carbonyl (C=O) groups is 1. The number of ketones is 1. The number of carbonyl (C=O) groups excluding carboxylic acids is 1. The molecule has 0 N–H and O–H groups in total. The van der Waals surface area contributed by atoms with E-state index in [1.165, 1.54) is 0 Å². The lowest BCUT2D eigenvalue weighted by Crippen LogP contribution is -2.00. The second-order valence-electron chi connectivity index (χ2n) is 4.39. The zero-order chi connectivity index (χ0) is 13.4. The van der Waals surface area contributed by atoms with Crippen molar-refractivity contribution < 1.29 is 9.21 Å². The van der Waals surface area contributed by atoms with Gasteiger partial charge in [0.2, 0.25) is 5.78 Å². The molecule has 0 amide bonds. The third kappa shape index (κ3) is 2.04. The molecule has 1 aromatic heterocycles.